The van der Waals surface area contributed by atoms with E-state index in [1.165, 1.54) is 23.3 Å². The molecule has 2 aromatic heterocycles. The van der Waals surface area contributed by atoms with Gasteiger partial charge in [0.05, 0.1) is 13.5 Å². The lowest BCUT2D eigenvalue weighted by atomic mass is 10.1. The number of hydrogen-bond donors (Lipinski definition) is 1. The van der Waals surface area contributed by atoms with Gasteiger partial charge in [-0.25, -0.2) is 0 Å². The molecule has 10 heteroatoms. The van der Waals surface area contributed by atoms with E-state index in [0.29, 0.717) is 24.8 Å². The van der Waals surface area contributed by atoms with Crippen LogP contribution in [0.4, 0.5) is 0 Å². The number of piperazine rings is 1. The van der Waals surface area contributed by atoms with E-state index in [0.717, 1.165) is 5.56 Å². The zero-order chi connectivity index (χ0) is 18.5. The largest absolute Gasteiger partial charge is 0.469 e. The number of ether oxygens (including phenoxy) is 1. The molecule has 1 aliphatic heterocycles. The van der Waals surface area contributed by atoms with Crippen LogP contribution in [0, 0.1) is 0 Å². The van der Waals surface area contributed by atoms with Crippen molar-refractivity contribution in [1.82, 2.24) is 20.4 Å². The third-order valence-corrected chi connectivity index (χ3v) is 4.72. The molecule has 0 spiro atoms. The Balaban J connectivity index is 1.61. The number of nitrogens with zero attached hydrogens (tertiary/aromatic N) is 3. The predicted octanol–water partition coefficient (Wildman–Crippen LogP) is 0.621. The molecular formula is C16H18N4O5S. The van der Waals surface area contributed by atoms with Crippen LogP contribution in [0.3, 0.4) is 0 Å². The van der Waals surface area contributed by atoms with Crippen molar-refractivity contribution in [3.63, 3.8) is 0 Å². The topological polar surface area (TPSA) is 115 Å². The summed E-state index contributed by atoms with van der Waals surface area (Å²) in [5.41, 5.74) is 0.863. The highest BCUT2D eigenvalue weighted by atomic mass is 32.1. The Labute approximate surface area is 153 Å². The molecule has 1 aliphatic rings. The summed E-state index contributed by atoms with van der Waals surface area (Å²) in [6.45, 7) is 0.696. The number of carbonyl (C=O) groups is 3. The second-order valence-corrected chi connectivity index (χ2v) is 6.48. The van der Waals surface area contributed by atoms with Crippen LogP contribution >= 0.6 is 11.3 Å². The van der Waals surface area contributed by atoms with Crippen molar-refractivity contribution < 1.29 is 23.6 Å². The zero-order valence-corrected chi connectivity index (χ0v) is 15.0. The molecule has 0 unspecified atom stereocenters. The Morgan fingerprint density at radius 1 is 1.50 bits per heavy atom. The minimum Gasteiger partial charge on any atom is -0.469 e. The van der Waals surface area contributed by atoms with Crippen molar-refractivity contribution in [3.05, 3.63) is 22.7 Å². The van der Waals surface area contributed by atoms with Gasteiger partial charge in [-0.15, -0.1) is 0 Å². The molecular weight excluding hydrogens is 360 g/mol. The van der Waals surface area contributed by atoms with Gasteiger partial charge < -0.3 is 19.5 Å². The molecule has 0 bridgehead atoms. The summed E-state index contributed by atoms with van der Waals surface area (Å²) in [6.07, 6.45) is 0.201. The lowest BCUT2D eigenvalue weighted by molar-refractivity contribution is -0.150. The van der Waals surface area contributed by atoms with Gasteiger partial charge in [-0.3, -0.25) is 14.4 Å². The van der Waals surface area contributed by atoms with Crippen molar-refractivity contribution in [2.45, 2.75) is 25.3 Å². The zero-order valence-electron chi connectivity index (χ0n) is 14.1. The molecule has 0 radical (unpaired) electrons. The molecule has 1 N–H and O–H groups in total. The maximum atomic E-state index is 12.5. The fraction of sp³-hybridized carbons (Fsp3) is 0.438. The normalized spacial score (nSPS) is 17.0. The number of aryl methyl sites for hydroxylation is 1. The molecule has 1 saturated heterocycles. The molecule has 0 aliphatic carbocycles. The molecule has 1 atom stereocenters. The van der Waals surface area contributed by atoms with Gasteiger partial charge in [-0.05, 0) is 11.4 Å². The van der Waals surface area contributed by atoms with Crippen LogP contribution in [-0.4, -0.2) is 59.1 Å². The van der Waals surface area contributed by atoms with Crippen LogP contribution in [0.1, 0.15) is 18.7 Å². The van der Waals surface area contributed by atoms with E-state index in [1.54, 1.807) is 0 Å². The molecule has 138 valence electrons. The van der Waals surface area contributed by atoms with Crippen molar-refractivity contribution in [3.8, 4) is 11.4 Å². The number of hydrogen-bond acceptors (Lipinski definition) is 8. The van der Waals surface area contributed by atoms with Crippen LogP contribution in [0.15, 0.2) is 21.3 Å². The van der Waals surface area contributed by atoms with Crippen LogP contribution in [-0.2, 0) is 25.5 Å². The summed E-state index contributed by atoms with van der Waals surface area (Å²) in [7, 11) is 1.25. The van der Waals surface area contributed by atoms with Gasteiger partial charge in [0.1, 0.15) is 6.04 Å². The Hall–Kier alpha value is -2.75. The summed E-state index contributed by atoms with van der Waals surface area (Å²) in [5, 5.41) is 10.4. The van der Waals surface area contributed by atoms with E-state index in [4.69, 9.17) is 4.52 Å². The second-order valence-electron chi connectivity index (χ2n) is 5.70. The van der Waals surface area contributed by atoms with Crippen LogP contribution in [0.25, 0.3) is 11.4 Å². The molecule has 0 aromatic carbocycles. The highest BCUT2D eigenvalue weighted by Crippen LogP contribution is 2.19. The molecule has 3 heterocycles. The molecule has 3 rings (SSSR count). The van der Waals surface area contributed by atoms with E-state index in [2.05, 4.69) is 20.2 Å². The summed E-state index contributed by atoms with van der Waals surface area (Å²) in [4.78, 5) is 41.7. The molecule has 0 saturated carbocycles. The van der Waals surface area contributed by atoms with Crippen LogP contribution in [0.5, 0.6) is 0 Å². The average molecular weight is 378 g/mol. The van der Waals surface area contributed by atoms with Gasteiger partial charge in [-0.1, -0.05) is 5.16 Å². The fourth-order valence-electron chi connectivity index (χ4n) is 2.68. The minimum absolute atomic E-state index is 0.107. The van der Waals surface area contributed by atoms with E-state index in [9.17, 15) is 14.4 Å². The first kappa shape index (κ1) is 18.1. The van der Waals surface area contributed by atoms with Crippen LogP contribution < -0.4 is 5.32 Å². The first-order chi connectivity index (χ1) is 12.6. The van der Waals surface area contributed by atoms with Crippen molar-refractivity contribution >= 4 is 29.1 Å². The number of amides is 2. The SMILES string of the molecule is COC(=O)C[C@@H]1C(=O)NCCN1C(=O)CCc1nc(-c2ccsc2)no1. The molecule has 2 aromatic rings. The lowest BCUT2D eigenvalue weighted by Crippen LogP contribution is -2.57. The Kier molecular flexibility index (Phi) is 5.61. The Morgan fingerprint density at radius 3 is 3.08 bits per heavy atom. The lowest BCUT2D eigenvalue weighted by Gasteiger charge is -2.34. The van der Waals surface area contributed by atoms with E-state index < -0.39 is 12.0 Å². The summed E-state index contributed by atoms with van der Waals surface area (Å²) in [5.74, 6) is -0.307. The molecule has 2 amide bonds. The fourth-order valence-corrected chi connectivity index (χ4v) is 3.31. The summed E-state index contributed by atoms with van der Waals surface area (Å²) < 4.78 is 9.78. The van der Waals surface area contributed by atoms with Gasteiger partial charge in [0.2, 0.25) is 23.5 Å². The van der Waals surface area contributed by atoms with Gasteiger partial charge in [-0.2, -0.15) is 16.3 Å². The molecule has 9 nitrogen and oxygen atoms in total. The molecule has 26 heavy (non-hydrogen) atoms. The quantitative estimate of drug-likeness (QED) is 0.733. The number of aromatic nitrogens is 2. The van der Waals surface area contributed by atoms with E-state index >= 15 is 0 Å². The third kappa shape index (κ3) is 4.07. The van der Waals surface area contributed by atoms with E-state index in [1.807, 2.05) is 16.8 Å². The summed E-state index contributed by atoms with van der Waals surface area (Å²) in [6, 6.07) is 1.03. The highest BCUT2D eigenvalue weighted by Gasteiger charge is 2.34. The maximum absolute atomic E-state index is 12.5. The van der Waals surface area contributed by atoms with Crippen molar-refractivity contribution in [1.29, 1.82) is 0 Å². The van der Waals surface area contributed by atoms with E-state index in [-0.39, 0.29) is 31.1 Å². The van der Waals surface area contributed by atoms with Gasteiger partial charge in [0.15, 0.2) is 0 Å². The smallest absolute Gasteiger partial charge is 0.308 e. The van der Waals surface area contributed by atoms with Crippen molar-refractivity contribution in [2.75, 3.05) is 20.2 Å². The third-order valence-electron chi connectivity index (χ3n) is 4.04. The highest BCUT2D eigenvalue weighted by molar-refractivity contribution is 7.08. The average Bonchev–Trinajstić information content (AvgIpc) is 3.32. The number of esters is 1. The monoisotopic (exact) mass is 378 g/mol. The van der Waals surface area contributed by atoms with Gasteiger partial charge >= 0.3 is 5.97 Å². The maximum Gasteiger partial charge on any atom is 0.308 e. The number of carbonyl (C=O) groups excluding carboxylic acids is 3. The Bertz CT molecular complexity index is 788. The molecule has 1 fully saturated rings. The first-order valence-electron chi connectivity index (χ1n) is 8.07. The van der Waals surface area contributed by atoms with Crippen molar-refractivity contribution in [2.24, 2.45) is 0 Å². The predicted molar refractivity (Wildman–Crippen MR) is 91.1 cm³/mol. The van der Waals surface area contributed by atoms with Gasteiger partial charge in [0, 0.05) is 36.9 Å². The van der Waals surface area contributed by atoms with Crippen LogP contribution in [0.2, 0.25) is 0 Å². The number of rotatable bonds is 6. The Morgan fingerprint density at radius 2 is 2.35 bits per heavy atom. The number of methoxy groups -OCH3 is 1. The minimum atomic E-state index is -0.854. The number of thiophene rings is 1. The first-order valence-corrected chi connectivity index (χ1v) is 9.02. The summed E-state index contributed by atoms with van der Waals surface area (Å²) >= 11 is 1.53. The standard InChI is InChI=1S/C16H18N4O5S/c1-24-14(22)8-11-16(23)17-5-6-20(11)13(21)3-2-12-18-15(19-25-12)10-4-7-26-9-10/h4,7,9,11H,2-3,5-6,8H2,1H3,(H,17,23)/t11-/m1/s1. The van der Waals surface area contributed by atoms with Gasteiger partial charge in [0.25, 0.3) is 0 Å². The second kappa shape index (κ2) is 8.09. The number of nitrogens with one attached hydrogen (secondary N) is 1.